The quantitative estimate of drug-likeness (QED) is 0.282. The summed E-state index contributed by atoms with van der Waals surface area (Å²) in [6, 6.07) is 5.75. The van der Waals surface area contributed by atoms with Crippen LogP contribution in [0.15, 0.2) is 52.7 Å². The second-order valence-electron chi connectivity index (χ2n) is 10.8. The first-order valence-corrected chi connectivity index (χ1v) is 13.1. The van der Waals surface area contributed by atoms with Gasteiger partial charge in [0.1, 0.15) is 43.2 Å². The number of halogens is 2. The number of hydrogen-bond acceptors (Lipinski definition) is 7. The van der Waals surface area contributed by atoms with Crippen molar-refractivity contribution in [2.75, 3.05) is 31.8 Å². The number of nitrogens with zero attached hydrogens (tertiary/aromatic N) is 3. The SMILES string of the molecule is CC1=C(CC(N)=NC(=O)CN2C(=O)C3(COCO3)NCC2c2cc(F)cc(F)c2)CC2(C1)C(=O)Nc1ncccc12. The van der Waals surface area contributed by atoms with Gasteiger partial charge in [0.15, 0.2) is 0 Å². The first-order valence-electron chi connectivity index (χ1n) is 13.1. The average Bonchev–Trinajstić information content (AvgIpc) is 3.59. The zero-order valence-corrected chi connectivity index (χ0v) is 22.2. The van der Waals surface area contributed by atoms with Crippen molar-refractivity contribution >= 4 is 29.4 Å². The van der Waals surface area contributed by atoms with Gasteiger partial charge in [0, 0.05) is 30.8 Å². The van der Waals surface area contributed by atoms with Crippen molar-refractivity contribution in [2.45, 2.75) is 43.4 Å². The average molecular weight is 567 g/mol. The number of carbonyl (C=O) groups is 3. The van der Waals surface area contributed by atoms with E-state index < -0.39 is 47.2 Å². The van der Waals surface area contributed by atoms with E-state index in [9.17, 15) is 23.2 Å². The largest absolute Gasteiger partial charge is 0.387 e. The van der Waals surface area contributed by atoms with Gasteiger partial charge in [0.25, 0.3) is 11.8 Å². The first-order chi connectivity index (χ1) is 19.6. The van der Waals surface area contributed by atoms with Gasteiger partial charge < -0.3 is 25.4 Å². The molecule has 1 aromatic heterocycles. The summed E-state index contributed by atoms with van der Waals surface area (Å²) in [5, 5.41) is 5.82. The number of benzene rings is 1. The van der Waals surface area contributed by atoms with Crippen molar-refractivity contribution < 1.29 is 32.6 Å². The van der Waals surface area contributed by atoms with Gasteiger partial charge in [0.2, 0.25) is 11.6 Å². The fraction of sp³-hybridized carbons (Fsp3) is 0.393. The highest BCUT2D eigenvalue weighted by Crippen LogP contribution is 2.50. The lowest BCUT2D eigenvalue weighted by atomic mass is 9.78. The van der Waals surface area contributed by atoms with Crippen molar-refractivity contribution in [3.8, 4) is 0 Å². The molecule has 41 heavy (non-hydrogen) atoms. The molecule has 3 amide bonds. The number of allylic oxidation sites excluding steroid dienone is 1. The molecule has 0 bridgehead atoms. The maximum Gasteiger partial charge on any atom is 0.273 e. The van der Waals surface area contributed by atoms with Crippen molar-refractivity contribution in [3.05, 3.63) is 70.4 Å². The minimum absolute atomic E-state index is 0.0253. The molecule has 0 radical (unpaired) electrons. The van der Waals surface area contributed by atoms with Gasteiger partial charge in [-0.25, -0.2) is 13.8 Å². The molecule has 1 aliphatic carbocycles. The zero-order valence-electron chi connectivity index (χ0n) is 22.2. The Morgan fingerprint density at radius 1 is 1.24 bits per heavy atom. The van der Waals surface area contributed by atoms with Crippen molar-refractivity contribution in [3.63, 3.8) is 0 Å². The molecule has 4 heterocycles. The number of aromatic nitrogens is 1. The number of amides is 3. The molecule has 3 unspecified atom stereocenters. The van der Waals surface area contributed by atoms with Crippen molar-refractivity contribution in [1.82, 2.24) is 15.2 Å². The monoisotopic (exact) mass is 566 g/mol. The Kier molecular flexibility index (Phi) is 6.67. The van der Waals surface area contributed by atoms with Gasteiger partial charge in [-0.2, -0.15) is 4.99 Å². The number of hydrogen-bond donors (Lipinski definition) is 3. The molecule has 2 aromatic rings. The smallest absolute Gasteiger partial charge is 0.273 e. The van der Waals surface area contributed by atoms with Gasteiger partial charge in [-0.05, 0) is 43.5 Å². The molecule has 4 N–H and O–H groups in total. The molecule has 1 aromatic carbocycles. The third-order valence-electron chi connectivity index (χ3n) is 8.17. The summed E-state index contributed by atoms with van der Waals surface area (Å²) in [5.74, 6) is -2.51. The number of piperazine rings is 1. The maximum absolute atomic E-state index is 14.0. The fourth-order valence-corrected chi connectivity index (χ4v) is 6.22. The normalized spacial score (nSPS) is 27.7. The standard InChI is InChI=1S/C28H28F2N6O5/c1-15-9-27(20-3-2-4-32-24(20)35-25(27)38)10-17(15)7-22(31)34-23(37)12-36-21(16-5-18(29)8-19(30)6-16)11-33-28(26(36)39)13-40-14-41-28/h2-6,8,21,33H,7,9-14H2,1H3,(H2,31,34,37)(H,32,35,38). The van der Waals surface area contributed by atoms with Crippen LogP contribution in [0.1, 0.15) is 43.4 Å². The van der Waals surface area contributed by atoms with Crippen LogP contribution in [0.25, 0.3) is 0 Å². The van der Waals surface area contributed by atoms with Crippen LogP contribution in [0, 0.1) is 11.6 Å². The second kappa shape index (κ2) is 10.1. The molecule has 2 spiro atoms. The number of rotatable bonds is 5. The first kappa shape index (κ1) is 27.1. The van der Waals surface area contributed by atoms with E-state index >= 15 is 0 Å². The molecular formula is C28H28F2N6O5. The van der Waals surface area contributed by atoms with E-state index in [1.807, 2.05) is 13.0 Å². The summed E-state index contributed by atoms with van der Waals surface area (Å²) in [6.45, 7) is 1.26. The van der Waals surface area contributed by atoms with Gasteiger partial charge in [-0.3, -0.25) is 19.7 Å². The summed E-state index contributed by atoms with van der Waals surface area (Å²) in [6.07, 6.45) is 2.70. The number of anilines is 1. The number of pyridine rings is 1. The van der Waals surface area contributed by atoms with Crippen LogP contribution in [0.5, 0.6) is 0 Å². The van der Waals surface area contributed by atoms with Gasteiger partial charge in [-0.1, -0.05) is 17.2 Å². The van der Waals surface area contributed by atoms with Gasteiger partial charge >= 0.3 is 0 Å². The lowest BCUT2D eigenvalue weighted by Crippen LogP contribution is -2.67. The number of ether oxygens (including phenoxy) is 2. The van der Waals surface area contributed by atoms with Gasteiger partial charge in [0.05, 0.1) is 11.5 Å². The Morgan fingerprint density at radius 2 is 2.02 bits per heavy atom. The number of aliphatic imine (C=N–C) groups is 1. The van der Waals surface area contributed by atoms with Crippen LogP contribution < -0.4 is 16.4 Å². The second-order valence-corrected chi connectivity index (χ2v) is 10.8. The van der Waals surface area contributed by atoms with Crippen molar-refractivity contribution in [2.24, 2.45) is 10.7 Å². The van der Waals surface area contributed by atoms with Crippen LogP contribution in [-0.4, -0.2) is 65.7 Å². The highest BCUT2D eigenvalue weighted by Gasteiger charge is 2.53. The summed E-state index contributed by atoms with van der Waals surface area (Å²) >= 11 is 0. The number of nitrogens with one attached hydrogen (secondary N) is 2. The topological polar surface area (TPSA) is 148 Å². The summed E-state index contributed by atoms with van der Waals surface area (Å²) in [7, 11) is 0. The molecule has 214 valence electrons. The minimum atomic E-state index is -1.51. The molecule has 2 fully saturated rings. The lowest BCUT2D eigenvalue weighted by Gasteiger charge is -2.43. The maximum atomic E-state index is 14.0. The summed E-state index contributed by atoms with van der Waals surface area (Å²) < 4.78 is 38.8. The number of amidine groups is 1. The lowest BCUT2D eigenvalue weighted by molar-refractivity contribution is -0.166. The van der Waals surface area contributed by atoms with E-state index in [0.717, 1.165) is 34.9 Å². The van der Waals surface area contributed by atoms with E-state index in [-0.39, 0.29) is 43.7 Å². The summed E-state index contributed by atoms with van der Waals surface area (Å²) in [4.78, 5) is 49.1. The van der Waals surface area contributed by atoms with E-state index in [2.05, 4.69) is 20.6 Å². The molecule has 6 rings (SSSR count). The van der Waals surface area contributed by atoms with Crippen LogP contribution in [0.3, 0.4) is 0 Å². The summed E-state index contributed by atoms with van der Waals surface area (Å²) in [5.41, 5.74) is 6.79. The molecule has 11 nitrogen and oxygen atoms in total. The zero-order chi connectivity index (χ0) is 28.9. The minimum Gasteiger partial charge on any atom is -0.387 e. The molecule has 2 saturated heterocycles. The van der Waals surface area contributed by atoms with E-state index in [0.29, 0.717) is 18.7 Å². The highest BCUT2D eigenvalue weighted by molar-refractivity contribution is 6.06. The van der Waals surface area contributed by atoms with Gasteiger partial charge in [-0.15, -0.1) is 0 Å². The van der Waals surface area contributed by atoms with Crippen LogP contribution in [0.4, 0.5) is 14.6 Å². The third-order valence-corrected chi connectivity index (χ3v) is 8.17. The molecular weight excluding hydrogens is 538 g/mol. The Labute approximate surface area is 233 Å². The number of fused-ring (bicyclic) bond motifs is 2. The van der Waals surface area contributed by atoms with E-state index in [1.165, 1.54) is 4.90 Å². The third kappa shape index (κ3) is 4.69. The molecule has 4 aliphatic rings. The molecule has 13 heteroatoms. The van der Waals surface area contributed by atoms with Crippen LogP contribution in [0.2, 0.25) is 0 Å². The van der Waals surface area contributed by atoms with Crippen LogP contribution in [-0.2, 0) is 29.3 Å². The Bertz CT molecular complexity index is 1500. The fourth-order valence-electron chi connectivity index (χ4n) is 6.22. The van der Waals surface area contributed by atoms with Crippen LogP contribution >= 0.6 is 0 Å². The Hall–Kier alpha value is -4.07. The van der Waals surface area contributed by atoms with Crippen molar-refractivity contribution in [1.29, 1.82) is 0 Å². The molecule has 3 aliphatic heterocycles. The Morgan fingerprint density at radius 3 is 2.76 bits per heavy atom. The molecule has 3 atom stereocenters. The Balaban J connectivity index is 1.20. The highest BCUT2D eigenvalue weighted by atomic mass is 19.1. The number of nitrogens with two attached hydrogens (primary N) is 1. The number of carbonyl (C=O) groups excluding carboxylic acids is 3. The predicted octanol–water partition coefficient (Wildman–Crippen LogP) is 1.81. The predicted molar refractivity (Wildman–Crippen MR) is 141 cm³/mol. The molecule has 0 saturated carbocycles. The van der Waals surface area contributed by atoms with E-state index in [1.54, 1.807) is 12.3 Å². The van der Waals surface area contributed by atoms with E-state index in [4.69, 9.17) is 15.2 Å².